The van der Waals surface area contributed by atoms with Crippen molar-refractivity contribution in [2.75, 3.05) is 19.8 Å². The Hall–Kier alpha value is -2.01. The van der Waals surface area contributed by atoms with Crippen LogP contribution in [0.3, 0.4) is 0 Å². The zero-order chi connectivity index (χ0) is 17.6. The number of nitrogens with zero attached hydrogens (tertiary/aromatic N) is 1. The van der Waals surface area contributed by atoms with Crippen molar-refractivity contribution in [2.24, 2.45) is 4.99 Å². The molecule has 2 aromatic carbocycles. The van der Waals surface area contributed by atoms with Crippen LogP contribution in [0, 0.1) is 5.82 Å². The summed E-state index contributed by atoms with van der Waals surface area (Å²) < 4.78 is 13.4. The topological polar surface area (TPSA) is 36.4 Å². The molecule has 0 saturated heterocycles. The fraction of sp³-hybridized carbons (Fsp3) is 0.350. The molecule has 0 saturated carbocycles. The lowest BCUT2D eigenvalue weighted by Gasteiger charge is -2.30. The van der Waals surface area contributed by atoms with Crippen molar-refractivity contribution in [1.29, 1.82) is 0 Å². The maximum absolute atomic E-state index is 13.4. The van der Waals surface area contributed by atoms with Gasteiger partial charge < -0.3 is 10.6 Å². The zero-order valence-corrected chi connectivity index (χ0v) is 15.5. The Labute approximate surface area is 153 Å². The molecular formula is C20H24FN3S. The largest absolute Gasteiger partial charge is 0.356 e. The van der Waals surface area contributed by atoms with Gasteiger partial charge >= 0.3 is 0 Å². The van der Waals surface area contributed by atoms with Gasteiger partial charge in [-0.2, -0.15) is 11.8 Å². The van der Waals surface area contributed by atoms with E-state index in [1.165, 1.54) is 17.2 Å². The van der Waals surface area contributed by atoms with Crippen LogP contribution in [-0.2, 0) is 18.7 Å². The second kappa shape index (κ2) is 8.39. The van der Waals surface area contributed by atoms with E-state index in [-0.39, 0.29) is 5.82 Å². The van der Waals surface area contributed by atoms with Gasteiger partial charge in [0.05, 0.1) is 0 Å². The van der Waals surface area contributed by atoms with Gasteiger partial charge in [-0.3, -0.25) is 4.99 Å². The Kier molecular flexibility index (Phi) is 5.97. The third-order valence-corrected chi connectivity index (χ3v) is 5.21. The van der Waals surface area contributed by atoms with E-state index < -0.39 is 0 Å². The number of benzene rings is 2. The maximum Gasteiger partial charge on any atom is 0.191 e. The van der Waals surface area contributed by atoms with Crippen LogP contribution in [-0.4, -0.2) is 25.8 Å². The number of halogens is 1. The molecule has 1 aliphatic rings. The Bertz CT molecular complexity index is 760. The van der Waals surface area contributed by atoms with Gasteiger partial charge in [-0.15, -0.1) is 0 Å². The molecule has 25 heavy (non-hydrogen) atoms. The quantitative estimate of drug-likeness (QED) is 0.611. The molecule has 0 aromatic heterocycles. The second-order valence-corrected chi connectivity index (χ2v) is 7.12. The summed E-state index contributed by atoms with van der Waals surface area (Å²) in [5.74, 6) is 1.95. The molecule has 0 bridgehead atoms. The molecule has 3 rings (SSSR count). The number of nitrogens with one attached hydrogen (secondary N) is 2. The predicted octanol–water partition coefficient (Wildman–Crippen LogP) is 3.69. The monoisotopic (exact) mass is 357 g/mol. The van der Waals surface area contributed by atoms with Crippen LogP contribution < -0.4 is 10.6 Å². The van der Waals surface area contributed by atoms with Gasteiger partial charge in [0, 0.05) is 31.8 Å². The van der Waals surface area contributed by atoms with Gasteiger partial charge in [-0.05, 0) is 47.1 Å². The Morgan fingerprint density at radius 2 is 2.04 bits per heavy atom. The predicted molar refractivity (Wildman–Crippen MR) is 105 cm³/mol. The summed E-state index contributed by atoms with van der Waals surface area (Å²) in [5, 5.41) is 6.74. The summed E-state index contributed by atoms with van der Waals surface area (Å²) in [4.78, 5) is 4.30. The molecule has 2 aromatic rings. The number of thioether (sulfide) groups is 1. The average Bonchev–Trinajstić information content (AvgIpc) is 2.60. The van der Waals surface area contributed by atoms with Gasteiger partial charge in [0.15, 0.2) is 5.96 Å². The molecule has 0 heterocycles. The van der Waals surface area contributed by atoms with Crippen molar-refractivity contribution in [2.45, 2.75) is 24.6 Å². The van der Waals surface area contributed by atoms with Crippen LogP contribution in [0.4, 0.5) is 4.39 Å². The molecular weight excluding hydrogens is 333 g/mol. The molecule has 2 N–H and O–H groups in total. The van der Waals surface area contributed by atoms with Crippen molar-refractivity contribution in [3.8, 4) is 0 Å². The fourth-order valence-electron chi connectivity index (χ4n) is 3.22. The Morgan fingerprint density at radius 3 is 2.80 bits per heavy atom. The van der Waals surface area contributed by atoms with Gasteiger partial charge in [0.25, 0.3) is 0 Å². The van der Waals surface area contributed by atoms with E-state index in [9.17, 15) is 4.39 Å². The van der Waals surface area contributed by atoms with E-state index in [1.807, 2.05) is 12.3 Å². The fourth-order valence-corrected chi connectivity index (χ4v) is 3.80. The number of rotatable bonds is 6. The van der Waals surface area contributed by atoms with Gasteiger partial charge in [0.1, 0.15) is 5.82 Å². The molecule has 3 nitrogen and oxygen atoms in total. The minimum Gasteiger partial charge on any atom is -0.356 e. The number of aliphatic imine (C=N–C) groups is 1. The molecule has 0 aliphatic heterocycles. The number of hydrogen-bond donors (Lipinski definition) is 2. The average molecular weight is 357 g/mol. The van der Waals surface area contributed by atoms with Crippen molar-refractivity contribution in [1.82, 2.24) is 10.6 Å². The highest BCUT2D eigenvalue weighted by atomic mass is 32.2. The lowest BCUT2D eigenvalue weighted by atomic mass is 9.78. The normalized spacial score (nSPS) is 16.1. The van der Waals surface area contributed by atoms with Crippen LogP contribution in [0.25, 0.3) is 0 Å². The zero-order valence-electron chi connectivity index (χ0n) is 14.7. The van der Waals surface area contributed by atoms with E-state index in [2.05, 4.69) is 39.9 Å². The Balaban J connectivity index is 1.54. The molecule has 0 radical (unpaired) electrons. The highest BCUT2D eigenvalue weighted by molar-refractivity contribution is 7.97. The molecule has 1 aliphatic carbocycles. The summed E-state index contributed by atoms with van der Waals surface area (Å²) >= 11 is 1.70. The molecule has 132 valence electrons. The van der Waals surface area contributed by atoms with Crippen LogP contribution in [0.5, 0.6) is 0 Å². The van der Waals surface area contributed by atoms with Crippen molar-refractivity contribution in [3.05, 3.63) is 70.5 Å². The summed E-state index contributed by atoms with van der Waals surface area (Å²) in [5.41, 5.74) is 5.02. The lowest BCUT2D eigenvalue weighted by Crippen LogP contribution is -2.40. The lowest BCUT2D eigenvalue weighted by molar-refractivity contribution is 0.583. The molecule has 1 unspecified atom stereocenters. The first-order chi connectivity index (χ1) is 12.2. The van der Waals surface area contributed by atoms with Gasteiger partial charge in [-0.1, -0.05) is 30.3 Å². The second-order valence-electron chi connectivity index (χ2n) is 6.25. The van der Waals surface area contributed by atoms with Crippen LogP contribution in [0.1, 0.15) is 28.2 Å². The number of fused-ring (bicyclic) bond motifs is 1. The Morgan fingerprint density at radius 1 is 1.20 bits per heavy atom. The van der Waals surface area contributed by atoms with Crippen LogP contribution >= 0.6 is 11.8 Å². The number of guanidine groups is 1. The standard InChI is InChI=1S/C20H24FN3S/c1-22-20(24-12-16-9-14-5-3-4-6-19(14)16)23-11-15-7-8-18(21)10-17(15)13-25-2/h3-8,10,16H,9,11-13H2,1-2H3,(H2,22,23,24). The van der Waals surface area contributed by atoms with Crippen LogP contribution in [0.2, 0.25) is 0 Å². The number of hydrogen-bond acceptors (Lipinski definition) is 2. The highest BCUT2D eigenvalue weighted by Crippen LogP contribution is 2.33. The van der Waals surface area contributed by atoms with E-state index in [0.717, 1.165) is 35.8 Å². The van der Waals surface area contributed by atoms with E-state index in [4.69, 9.17) is 0 Å². The van der Waals surface area contributed by atoms with Gasteiger partial charge in [0.2, 0.25) is 0 Å². The first-order valence-corrected chi connectivity index (χ1v) is 9.89. The highest BCUT2D eigenvalue weighted by Gasteiger charge is 2.25. The first-order valence-electron chi connectivity index (χ1n) is 8.50. The minimum atomic E-state index is -0.182. The minimum absolute atomic E-state index is 0.182. The van der Waals surface area contributed by atoms with Gasteiger partial charge in [-0.25, -0.2) is 4.39 Å². The summed E-state index contributed by atoms with van der Waals surface area (Å²) in [6.07, 6.45) is 3.15. The third-order valence-electron chi connectivity index (χ3n) is 4.62. The molecule has 0 amide bonds. The summed E-state index contributed by atoms with van der Waals surface area (Å²) in [6.45, 7) is 1.51. The molecule has 1 atom stereocenters. The molecule has 5 heteroatoms. The summed E-state index contributed by atoms with van der Waals surface area (Å²) in [6, 6.07) is 13.6. The van der Waals surface area contributed by atoms with Crippen molar-refractivity contribution in [3.63, 3.8) is 0 Å². The maximum atomic E-state index is 13.4. The SMILES string of the molecule is CN=C(NCc1ccc(F)cc1CSC)NCC1Cc2ccccc21. The smallest absolute Gasteiger partial charge is 0.191 e. The van der Waals surface area contributed by atoms with Crippen LogP contribution in [0.15, 0.2) is 47.5 Å². The molecule has 0 spiro atoms. The molecule has 0 fully saturated rings. The van der Waals surface area contributed by atoms with E-state index in [1.54, 1.807) is 24.9 Å². The van der Waals surface area contributed by atoms with E-state index >= 15 is 0 Å². The third kappa shape index (κ3) is 4.34. The van der Waals surface area contributed by atoms with E-state index in [0.29, 0.717) is 12.5 Å². The van der Waals surface area contributed by atoms with Crippen molar-refractivity contribution < 1.29 is 4.39 Å². The van der Waals surface area contributed by atoms with Crippen molar-refractivity contribution >= 4 is 17.7 Å². The first kappa shape index (κ1) is 17.8. The summed E-state index contributed by atoms with van der Waals surface area (Å²) in [7, 11) is 1.78.